The number of aryl methyl sites for hydroxylation is 1. The van der Waals surface area contributed by atoms with Gasteiger partial charge < -0.3 is 22.3 Å². The van der Waals surface area contributed by atoms with Crippen molar-refractivity contribution in [3.63, 3.8) is 0 Å². The predicted molar refractivity (Wildman–Crippen MR) is 58.6 cm³/mol. The highest BCUT2D eigenvalue weighted by molar-refractivity contribution is 5.68. The van der Waals surface area contributed by atoms with Crippen molar-refractivity contribution in [2.24, 2.45) is 5.73 Å². The Morgan fingerprint density at radius 1 is 1.29 bits per heavy atom. The minimum atomic E-state index is -0.600. The molecule has 0 spiro atoms. The molecule has 78 valence electrons. The lowest BCUT2D eigenvalue weighted by atomic mass is 9.99. The average molecular weight is 195 g/mol. The average Bonchev–Trinajstić information content (AvgIpc) is 2.12. The van der Waals surface area contributed by atoms with E-state index >= 15 is 0 Å². The maximum Gasteiger partial charge on any atom is 0.0704 e. The quantitative estimate of drug-likeness (QED) is 0.518. The molecule has 1 rings (SSSR count). The van der Waals surface area contributed by atoms with Gasteiger partial charge in [0, 0.05) is 0 Å². The van der Waals surface area contributed by atoms with Crippen LogP contribution in [0.15, 0.2) is 12.1 Å². The van der Waals surface area contributed by atoms with E-state index in [2.05, 4.69) is 0 Å². The molecule has 0 saturated heterocycles. The molecule has 0 aliphatic rings. The number of benzene rings is 1. The predicted octanol–water partition coefficient (Wildman–Crippen LogP) is 0.540. The summed E-state index contributed by atoms with van der Waals surface area (Å²) in [4.78, 5) is 0. The molecule has 1 aromatic rings. The zero-order valence-corrected chi connectivity index (χ0v) is 8.49. The largest absolute Gasteiger partial charge is 0.397 e. The Balaban J connectivity index is 3.12. The van der Waals surface area contributed by atoms with Crippen LogP contribution in [0.1, 0.15) is 24.1 Å². The topological polar surface area (TPSA) is 98.3 Å². The number of aliphatic hydroxyl groups is 1. The van der Waals surface area contributed by atoms with Crippen molar-refractivity contribution >= 4 is 11.4 Å². The number of hydrogen-bond donors (Lipinski definition) is 4. The van der Waals surface area contributed by atoms with E-state index in [-0.39, 0.29) is 0 Å². The molecule has 14 heavy (non-hydrogen) atoms. The van der Waals surface area contributed by atoms with Gasteiger partial charge in [-0.2, -0.15) is 0 Å². The number of rotatable bonds is 2. The molecule has 1 aromatic carbocycles. The van der Waals surface area contributed by atoms with Crippen molar-refractivity contribution in [1.29, 1.82) is 0 Å². The minimum Gasteiger partial charge on any atom is -0.397 e. The molecule has 0 radical (unpaired) electrons. The van der Waals surface area contributed by atoms with Crippen LogP contribution in [-0.2, 0) is 0 Å². The second-order valence-corrected chi connectivity index (χ2v) is 3.61. The molecule has 0 fully saturated rings. The Morgan fingerprint density at radius 3 is 2.29 bits per heavy atom. The van der Waals surface area contributed by atoms with Crippen LogP contribution in [0.4, 0.5) is 11.4 Å². The minimum absolute atomic E-state index is 0.420. The lowest BCUT2D eigenvalue weighted by molar-refractivity contribution is 0.164. The number of hydrogen-bond acceptors (Lipinski definition) is 4. The molecule has 7 N–H and O–H groups in total. The van der Waals surface area contributed by atoms with Crippen LogP contribution in [0.3, 0.4) is 0 Å². The number of anilines is 2. The fourth-order valence-electron chi connectivity index (χ4n) is 1.33. The van der Waals surface area contributed by atoms with Gasteiger partial charge in [-0.05, 0) is 31.0 Å². The second kappa shape index (κ2) is 3.86. The summed E-state index contributed by atoms with van der Waals surface area (Å²) in [5.41, 5.74) is 20.0. The first-order chi connectivity index (χ1) is 6.43. The van der Waals surface area contributed by atoms with E-state index in [9.17, 15) is 5.11 Å². The van der Waals surface area contributed by atoms with E-state index in [0.717, 1.165) is 11.1 Å². The molecular weight excluding hydrogens is 178 g/mol. The van der Waals surface area contributed by atoms with Crippen molar-refractivity contribution < 1.29 is 5.11 Å². The van der Waals surface area contributed by atoms with Crippen LogP contribution in [0.2, 0.25) is 0 Å². The number of aliphatic hydroxyl groups excluding tert-OH is 1. The monoisotopic (exact) mass is 195 g/mol. The van der Waals surface area contributed by atoms with Crippen molar-refractivity contribution in [1.82, 2.24) is 0 Å². The summed E-state index contributed by atoms with van der Waals surface area (Å²) >= 11 is 0. The summed E-state index contributed by atoms with van der Waals surface area (Å²) in [5, 5.41) is 9.33. The van der Waals surface area contributed by atoms with Gasteiger partial charge in [0.25, 0.3) is 0 Å². The Labute approximate surface area is 83.7 Å². The molecule has 0 aliphatic carbocycles. The summed E-state index contributed by atoms with van der Waals surface area (Å²) in [6, 6.07) is 3.14. The summed E-state index contributed by atoms with van der Waals surface area (Å²) in [5.74, 6) is 0. The van der Waals surface area contributed by atoms with E-state index in [4.69, 9.17) is 17.2 Å². The van der Waals surface area contributed by atoms with Crippen molar-refractivity contribution in [3.05, 3.63) is 23.3 Å². The third-order valence-corrected chi connectivity index (χ3v) is 2.35. The maximum atomic E-state index is 9.33. The van der Waals surface area contributed by atoms with Crippen molar-refractivity contribution in [3.8, 4) is 0 Å². The van der Waals surface area contributed by atoms with Gasteiger partial charge in [-0.1, -0.05) is 6.07 Å². The van der Waals surface area contributed by atoms with Gasteiger partial charge in [0.05, 0.1) is 23.5 Å². The Kier molecular flexibility index (Phi) is 2.98. The molecule has 0 bridgehead atoms. The zero-order valence-electron chi connectivity index (χ0n) is 8.49. The maximum absolute atomic E-state index is 9.33. The SMILES string of the molecule is Cc1cc([C@H](N)C(C)O)cc(N)c1N. The van der Waals surface area contributed by atoms with Gasteiger partial charge in [-0.25, -0.2) is 0 Å². The van der Waals surface area contributed by atoms with E-state index in [1.54, 1.807) is 13.0 Å². The first-order valence-electron chi connectivity index (χ1n) is 4.52. The van der Waals surface area contributed by atoms with Gasteiger partial charge in [0.15, 0.2) is 0 Å². The molecule has 0 saturated carbocycles. The summed E-state index contributed by atoms with van der Waals surface area (Å²) < 4.78 is 0. The smallest absolute Gasteiger partial charge is 0.0704 e. The van der Waals surface area contributed by atoms with Gasteiger partial charge in [-0.3, -0.25) is 0 Å². The molecule has 4 heteroatoms. The molecular formula is C10H17N3O. The summed E-state index contributed by atoms with van der Waals surface area (Å²) in [6.45, 7) is 3.51. The van der Waals surface area contributed by atoms with Crippen LogP contribution in [0.5, 0.6) is 0 Å². The number of nitrogens with two attached hydrogens (primary N) is 3. The van der Waals surface area contributed by atoms with Gasteiger partial charge >= 0.3 is 0 Å². The Bertz CT molecular complexity index is 313. The summed E-state index contributed by atoms with van der Waals surface area (Å²) in [7, 11) is 0. The lowest BCUT2D eigenvalue weighted by Gasteiger charge is -2.17. The molecule has 0 heterocycles. The molecule has 4 nitrogen and oxygen atoms in total. The Morgan fingerprint density at radius 2 is 1.86 bits per heavy atom. The first kappa shape index (κ1) is 10.8. The normalized spacial score (nSPS) is 15.1. The van der Waals surface area contributed by atoms with Gasteiger partial charge in [0.2, 0.25) is 0 Å². The van der Waals surface area contributed by atoms with E-state index in [1.165, 1.54) is 0 Å². The standard InChI is InChI=1S/C10H17N3O/c1-5-3-7(10(13)6(2)14)4-8(11)9(5)12/h3-4,6,10,14H,11-13H2,1-2H3/t6?,10-/m1/s1. The zero-order chi connectivity index (χ0) is 10.9. The molecule has 0 aromatic heterocycles. The van der Waals surface area contributed by atoms with Crippen LogP contribution < -0.4 is 17.2 Å². The highest BCUT2D eigenvalue weighted by Crippen LogP contribution is 2.25. The van der Waals surface area contributed by atoms with Crippen LogP contribution in [-0.4, -0.2) is 11.2 Å². The summed E-state index contributed by atoms with van der Waals surface area (Å²) in [6.07, 6.45) is -0.600. The third kappa shape index (κ3) is 1.97. The number of nitrogen functional groups attached to an aromatic ring is 2. The highest BCUT2D eigenvalue weighted by Gasteiger charge is 2.13. The third-order valence-electron chi connectivity index (χ3n) is 2.35. The van der Waals surface area contributed by atoms with Gasteiger partial charge in [-0.15, -0.1) is 0 Å². The molecule has 0 amide bonds. The lowest BCUT2D eigenvalue weighted by Crippen LogP contribution is -2.23. The van der Waals surface area contributed by atoms with E-state index in [0.29, 0.717) is 11.4 Å². The van der Waals surface area contributed by atoms with Crippen LogP contribution in [0.25, 0.3) is 0 Å². The van der Waals surface area contributed by atoms with E-state index < -0.39 is 12.1 Å². The molecule has 0 aliphatic heterocycles. The Hall–Kier alpha value is -1.26. The molecule has 1 unspecified atom stereocenters. The van der Waals surface area contributed by atoms with Crippen LogP contribution >= 0.6 is 0 Å². The van der Waals surface area contributed by atoms with Crippen molar-refractivity contribution in [2.75, 3.05) is 11.5 Å². The van der Waals surface area contributed by atoms with Crippen molar-refractivity contribution in [2.45, 2.75) is 26.0 Å². The van der Waals surface area contributed by atoms with Gasteiger partial charge in [0.1, 0.15) is 0 Å². The van der Waals surface area contributed by atoms with Crippen LogP contribution in [0, 0.1) is 6.92 Å². The highest BCUT2D eigenvalue weighted by atomic mass is 16.3. The first-order valence-corrected chi connectivity index (χ1v) is 4.52. The fourth-order valence-corrected chi connectivity index (χ4v) is 1.33. The van der Waals surface area contributed by atoms with E-state index in [1.807, 2.05) is 13.0 Å². The second-order valence-electron chi connectivity index (χ2n) is 3.61. The molecule has 2 atom stereocenters. The fraction of sp³-hybridized carbons (Fsp3) is 0.400.